The first kappa shape index (κ1) is 27.6. The summed E-state index contributed by atoms with van der Waals surface area (Å²) in [5.41, 5.74) is 2.62. The topological polar surface area (TPSA) is 79.3 Å². The van der Waals surface area contributed by atoms with E-state index in [0.717, 1.165) is 5.56 Å². The maximum Gasteiger partial charge on any atom is 0.415 e. The van der Waals surface area contributed by atoms with Crippen LogP contribution in [0.5, 0.6) is 5.75 Å². The van der Waals surface area contributed by atoms with Crippen molar-refractivity contribution in [2.45, 2.75) is 45.8 Å². The molecule has 40 heavy (non-hydrogen) atoms. The molecule has 7 nitrogen and oxygen atoms in total. The van der Waals surface area contributed by atoms with E-state index in [9.17, 15) is 23.5 Å². The smallest absolute Gasteiger partial charge is 0.415 e. The number of nitrogens with zero attached hydrogens (tertiary/aromatic N) is 2. The Morgan fingerprint density at radius 1 is 1.00 bits per heavy atom. The maximum atomic E-state index is 15.0. The Balaban J connectivity index is 1.32. The lowest BCUT2D eigenvalue weighted by Crippen LogP contribution is -2.46. The number of aromatic carboxylic acids is 1. The van der Waals surface area contributed by atoms with Gasteiger partial charge in [-0.1, -0.05) is 18.2 Å². The molecule has 0 unspecified atom stereocenters. The number of benzene rings is 3. The molecule has 3 aromatic carbocycles. The molecule has 0 saturated carbocycles. The molecule has 0 atom stereocenters. The fraction of sp³-hybridized carbons (Fsp3) is 0.355. The van der Waals surface area contributed by atoms with Gasteiger partial charge in [0, 0.05) is 43.7 Å². The minimum atomic E-state index is -1.01. The van der Waals surface area contributed by atoms with Gasteiger partial charge in [0.15, 0.2) is 11.6 Å². The number of amides is 1. The monoisotopic (exact) mass is 550 g/mol. The highest BCUT2D eigenvalue weighted by Crippen LogP contribution is 2.38. The molecule has 0 aliphatic carbocycles. The third-order valence-corrected chi connectivity index (χ3v) is 7.84. The molecule has 2 fully saturated rings. The van der Waals surface area contributed by atoms with Crippen molar-refractivity contribution >= 4 is 17.7 Å². The first-order chi connectivity index (χ1) is 19.1. The number of likely N-dealkylation sites (tertiary alicyclic amines) is 1. The van der Waals surface area contributed by atoms with E-state index in [0.29, 0.717) is 68.2 Å². The Kier molecular flexibility index (Phi) is 7.51. The summed E-state index contributed by atoms with van der Waals surface area (Å²) in [6, 6.07) is 13.4. The second-order valence-electron chi connectivity index (χ2n) is 10.5. The number of hydrogen-bond donors (Lipinski definition) is 1. The Morgan fingerprint density at radius 3 is 2.40 bits per heavy atom. The lowest BCUT2D eigenvalue weighted by Gasteiger charge is -2.37. The Bertz CT molecular complexity index is 1470. The minimum Gasteiger partial charge on any atom is -0.494 e. The van der Waals surface area contributed by atoms with Crippen LogP contribution in [0.1, 0.15) is 46.8 Å². The van der Waals surface area contributed by atoms with Crippen molar-refractivity contribution in [2.24, 2.45) is 0 Å². The zero-order chi connectivity index (χ0) is 28.6. The molecule has 2 aliphatic heterocycles. The number of carboxylic acids is 1. The molecule has 1 spiro atoms. The first-order valence-corrected chi connectivity index (χ1v) is 13.4. The van der Waals surface area contributed by atoms with Crippen LogP contribution in [0, 0.1) is 25.5 Å². The molecule has 2 saturated heterocycles. The van der Waals surface area contributed by atoms with Crippen LogP contribution < -0.4 is 9.64 Å². The number of carbonyl (C=O) groups is 2. The summed E-state index contributed by atoms with van der Waals surface area (Å²) in [5.74, 6) is -2.07. The molecular weight excluding hydrogens is 518 g/mol. The highest BCUT2D eigenvalue weighted by atomic mass is 19.2. The minimum absolute atomic E-state index is 0.195. The molecule has 0 radical (unpaired) electrons. The number of carbonyl (C=O) groups excluding carboxylic acids is 1. The molecule has 210 valence electrons. The van der Waals surface area contributed by atoms with Gasteiger partial charge in [-0.05, 0) is 73.4 Å². The number of carboxylic acid groups (broad SMARTS) is 1. The number of rotatable bonds is 7. The van der Waals surface area contributed by atoms with Gasteiger partial charge in [-0.2, -0.15) is 0 Å². The van der Waals surface area contributed by atoms with Gasteiger partial charge in [-0.15, -0.1) is 0 Å². The van der Waals surface area contributed by atoms with Gasteiger partial charge in [0.05, 0.1) is 18.7 Å². The van der Waals surface area contributed by atoms with Crippen molar-refractivity contribution in [3.63, 3.8) is 0 Å². The molecule has 0 bridgehead atoms. The zero-order valence-corrected chi connectivity index (χ0v) is 22.8. The summed E-state index contributed by atoms with van der Waals surface area (Å²) < 4.78 is 40.9. The van der Waals surface area contributed by atoms with Crippen LogP contribution in [0.25, 0.3) is 11.1 Å². The zero-order valence-electron chi connectivity index (χ0n) is 22.8. The van der Waals surface area contributed by atoms with Crippen LogP contribution in [0.4, 0.5) is 19.3 Å². The van der Waals surface area contributed by atoms with Crippen molar-refractivity contribution in [3.8, 4) is 16.9 Å². The molecule has 9 heteroatoms. The summed E-state index contributed by atoms with van der Waals surface area (Å²) in [6.07, 6.45) is 0.768. The van der Waals surface area contributed by atoms with E-state index in [1.165, 1.54) is 13.0 Å². The van der Waals surface area contributed by atoms with E-state index in [1.54, 1.807) is 48.2 Å². The summed E-state index contributed by atoms with van der Waals surface area (Å²) in [4.78, 5) is 28.0. The number of halogens is 2. The van der Waals surface area contributed by atoms with Gasteiger partial charge >= 0.3 is 12.1 Å². The Morgan fingerprint density at radius 2 is 1.73 bits per heavy atom. The maximum absolute atomic E-state index is 15.0. The number of anilines is 1. The lowest BCUT2D eigenvalue weighted by molar-refractivity contribution is -0.000960. The van der Waals surface area contributed by atoms with Crippen LogP contribution in [-0.2, 0) is 11.3 Å². The number of aryl methyl sites for hydroxylation is 2. The van der Waals surface area contributed by atoms with Crippen LogP contribution >= 0.6 is 0 Å². The third-order valence-electron chi connectivity index (χ3n) is 7.84. The normalized spacial score (nSPS) is 16.8. The second kappa shape index (κ2) is 10.9. The van der Waals surface area contributed by atoms with Crippen molar-refractivity contribution < 1.29 is 33.0 Å². The highest BCUT2D eigenvalue weighted by molar-refractivity contribution is 5.93. The molecule has 0 aromatic heterocycles. The molecule has 5 rings (SSSR count). The van der Waals surface area contributed by atoms with Crippen molar-refractivity contribution in [1.29, 1.82) is 0 Å². The number of piperidine rings is 1. The molecule has 1 N–H and O–H groups in total. The molecule has 3 aromatic rings. The number of ether oxygens (including phenoxy) is 2. The quantitative estimate of drug-likeness (QED) is 0.370. The Hall–Kier alpha value is -3.98. The van der Waals surface area contributed by atoms with Crippen LogP contribution in [0.2, 0.25) is 0 Å². The van der Waals surface area contributed by atoms with Gasteiger partial charge in [0.1, 0.15) is 11.4 Å². The summed E-state index contributed by atoms with van der Waals surface area (Å²) in [6.45, 7) is 7.77. The first-order valence-electron chi connectivity index (χ1n) is 13.4. The summed E-state index contributed by atoms with van der Waals surface area (Å²) in [5, 5.41) is 9.31. The van der Waals surface area contributed by atoms with Gasteiger partial charge in [0.2, 0.25) is 0 Å². The average Bonchev–Trinajstić information content (AvgIpc) is 3.25. The van der Waals surface area contributed by atoms with Crippen molar-refractivity contribution in [3.05, 3.63) is 82.4 Å². The van der Waals surface area contributed by atoms with Crippen molar-refractivity contribution in [2.75, 3.05) is 31.1 Å². The SMILES string of the molecule is CCOc1ccc(-c2ccc(C)c(F)c2F)c(CN2CCC3(CC2)CN(c2ccc(C(=O)O)c(C)c2)C(=O)O3)c1. The molecule has 1 amide bonds. The van der Waals surface area contributed by atoms with E-state index >= 15 is 0 Å². The van der Waals surface area contributed by atoms with Crippen LogP contribution in [0.3, 0.4) is 0 Å². The predicted octanol–water partition coefficient (Wildman–Crippen LogP) is 6.34. The highest BCUT2D eigenvalue weighted by Gasteiger charge is 2.47. The average molecular weight is 551 g/mol. The van der Waals surface area contributed by atoms with E-state index in [4.69, 9.17) is 9.47 Å². The van der Waals surface area contributed by atoms with Gasteiger partial charge in [-0.25, -0.2) is 18.4 Å². The predicted molar refractivity (Wildman–Crippen MR) is 147 cm³/mol. The van der Waals surface area contributed by atoms with Crippen LogP contribution in [0.15, 0.2) is 48.5 Å². The number of hydrogen-bond acceptors (Lipinski definition) is 5. The molecule has 2 heterocycles. The lowest BCUT2D eigenvalue weighted by atomic mass is 9.90. The fourth-order valence-electron chi connectivity index (χ4n) is 5.57. The van der Waals surface area contributed by atoms with E-state index in [2.05, 4.69) is 4.90 Å². The largest absolute Gasteiger partial charge is 0.494 e. The molecule has 2 aliphatic rings. The van der Waals surface area contributed by atoms with Gasteiger partial charge in [-0.3, -0.25) is 9.80 Å². The molecular formula is C31H32F2N2O5. The van der Waals surface area contributed by atoms with Crippen LogP contribution in [-0.4, -0.2) is 53.9 Å². The third kappa shape index (κ3) is 5.25. The van der Waals surface area contributed by atoms with Gasteiger partial charge < -0.3 is 14.6 Å². The van der Waals surface area contributed by atoms with E-state index < -0.39 is 29.3 Å². The second-order valence-corrected chi connectivity index (χ2v) is 10.5. The van der Waals surface area contributed by atoms with E-state index in [-0.39, 0.29) is 16.7 Å². The summed E-state index contributed by atoms with van der Waals surface area (Å²) >= 11 is 0. The standard InChI is InChI=1S/C31H32F2N2O5/c1-4-39-23-7-10-25(26-8-5-19(2)27(32)28(26)33)21(16-23)17-34-13-11-31(12-14-34)18-35(30(38)40-31)22-6-9-24(29(36)37)20(3)15-22/h5-10,15-16H,4,11-14,17-18H2,1-3H3,(H,36,37). The van der Waals surface area contributed by atoms with Crippen molar-refractivity contribution in [1.82, 2.24) is 4.90 Å². The fourth-order valence-corrected chi connectivity index (χ4v) is 5.57. The van der Waals surface area contributed by atoms with E-state index in [1.807, 2.05) is 13.0 Å². The van der Waals surface area contributed by atoms with Gasteiger partial charge in [0.25, 0.3) is 0 Å². The Labute approximate surface area is 231 Å². The summed E-state index contributed by atoms with van der Waals surface area (Å²) in [7, 11) is 0.